The van der Waals surface area contributed by atoms with Crippen LogP contribution < -0.4 is 0 Å². The Morgan fingerprint density at radius 2 is 1.89 bits per heavy atom. The fourth-order valence-electron chi connectivity index (χ4n) is 7.70. The molecule has 2 aliphatic heterocycles. The van der Waals surface area contributed by atoms with E-state index in [0.717, 1.165) is 0 Å². The summed E-state index contributed by atoms with van der Waals surface area (Å²) in [7, 11) is 1.28. The predicted octanol–water partition coefficient (Wildman–Crippen LogP) is 2.98. The number of ether oxygens (including phenoxy) is 3. The standard InChI is InChI=1S/C27H32O9/c1-23(2)16(11-19(29)33-6)25(4)15-7-9-24(3)21(14-8-10-34-13-14)35-22(31)20(30)27(15,24)26(5,32)36-18(25)12-17(23)28/h7-8,10,12-13,16,20-21,30,32H,9,11H2,1-6H3/t16-,20-,21-,24-,25+,26-,27-/m0/s1. The van der Waals surface area contributed by atoms with Gasteiger partial charge in [0, 0.05) is 29.4 Å². The first-order valence-corrected chi connectivity index (χ1v) is 12.1. The quantitative estimate of drug-likeness (QED) is 0.475. The fraction of sp³-hybridized carbons (Fsp3) is 0.593. The molecular weight excluding hydrogens is 468 g/mol. The van der Waals surface area contributed by atoms with Crippen molar-refractivity contribution in [1.29, 1.82) is 0 Å². The molecule has 1 aromatic heterocycles. The van der Waals surface area contributed by atoms with E-state index >= 15 is 0 Å². The first kappa shape index (κ1) is 24.8. The smallest absolute Gasteiger partial charge is 0.336 e. The van der Waals surface area contributed by atoms with Gasteiger partial charge >= 0.3 is 11.9 Å². The largest absolute Gasteiger partial charge is 0.472 e. The van der Waals surface area contributed by atoms with E-state index in [1.165, 1.54) is 32.6 Å². The maximum atomic E-state index is 13.2. The number of hydrogen-bond acceptors (Lipinski definition) is 9. The van der Waals surface area contributed by atoms with Crippen LogP contribution in [0, 0.1) is 27.6 Å². The summed E-state index contributed by atoms with van der Waals surface area (Å²) in [5.74, 6) is -4.22. The molecule has 1 spiro atoms. The molecule has 0 unspecified atom stereocenters. The molecular formula is C27H32O9. The van der Waals surface area contributed by atoms with Gasteiger partial charge in [-0.05, 0) is 30.9 Å². The first-order valence-electron chi connectivity index (χ1n) is 12.1. The van der Waals surface area contributed by atoms with E-state index in [9.17, 15) is 24.6 Å². The van der Waals surface area contributed by atoms with Crippen LogP contribution in [0.4, 0.5) is 0 Å². The molecule has 0 bridgehead atoms. The van der Waals surface area contributed by atoms with Crippen molar-refractivity contribution in [2.75, 3.05) is 7.11 Å². The van der Waals surface area contributed by atoms with Gasteiger partial charge in [0.05, 0.1) is 31.5 Å². The van der Waals surface area contributed by atoms with Crippen LogP contribution >= 0.6 is 0 Å². The Morgan fingerprint density at radius 1 is 1.19 bits per heavy atom. The summed E-state index contributed by atoms with van der Waals surface area (Å²) >= 11 is 0. The molecule has 2 aliphatic carbocycles. The second-order valence-electron chi connectivity index (χ2n) is 11.5. The summed E-state index contributed by atoms with van der Waals surface area (Å²) in [4.78, 5) is 39.0. The van der Waals surface area contributed by atoms with E-state index in [0.29, 0.717) is 17.6 Å². The van der Waals surface area contributed by atoms with Crippen LogP contribution in [0.3, 0.4) is 0 Å². The summed E-state index contributed by atoms with van der Waals surface area (Å²) in [6.07, 6.45) is 3.79. The van der Waals surface area contributed by atoms with Gasteiger partial charge in [0.1, 0.15) is 17.3 Å². The number of rotatable bonds is 3. The Balaban J connectivity index is 1.79. The third kappa shape index (κ3) is 2.65. The number of methoxy groups -OCH3 is 1. The number of carbonyl (C=O) groups is 3. The average Bonchev–Trinajstić information content (AvgIpc) is 3.44. The van der Waals surface area contributed by atoms with Crippen LogP contribution in [0.5, 0.6) is 0 Å². The zero-order chi connectivity index (χ0) is 26.5. The lowest BCUT2D eigenvalue weighted by atomic mass is 9.43. The molecule has 1 aromatic rings. The summed E-state index contributed by atoms with van der Waals surface area (Å²) in [5, 5.41) is 23.6. The van der Waals surface area contributed by atoms with Crippen molar-refractivity contribution in [2.45, 2.75) is 65.5 Å². The van der Waals surface area contributed by atoms with Gasteiger partial charge in [0.15, 0.2) is 11.9 Å². The van der Waals surface area contributed by atoms with Gasteiger partial charge in [-0.15, -0.1) is 0 Å². The van der Waals surface area contributed by atoms with Gasteiger partial charge < -0.3 is 28.8 Å². The topological polar surface area (TPSA) is 132 Å². The lowest BCUT2D eigenvalue weighted by Crippen LogP contribution is -2.73. The minimum atomic E-state index is -2.10. The third-order valence-corrected chi connectivity index (χ3v) is 9.52. The Hall–Kier alpha value is -2.91. The second-order valence-corrected chi connectivity index (χ2v) is 11.5. The molecule has 9 heteroatoms. The Kier molecular flexibility index (Phi) is 5.04. The number of fused-ring (bicyclic) bond motifs is 2. The maximum Gasteiger partial charge on any atom is 0.336 e. The van der Waals surface area contributed by atoms with Gasteiger partial charge in [-0.2, -0.15) is 0 Å². The van der Waals surface area contributed by atoms with Gasteiger partial charge in [0.25, 0.3) is 0 Å². The second kappa shape index (κ2) is 7.32. The molecule has 9 nitrogen and oxygen atoms in total. The maximum absolute atomic E-state index is 13.2. The number of ketones is 1. The minimum Gasteiger partial charge on any atom is -0.472 e. The number of esters is 2. The van der Waals surface area contributed by atoms with Crippen molar-refractivity contribution < 1.29 is 43.2 Å². The molecule has 2 saturated heterocycles. The summed E-state index contributed by atoms with van der Waals surface area (Å²) in [6, 6.07) is 1.68. The third-order valence-electron chi connectivity index (χ3n) is 9.52. The number of carbonyl (C=O) groups excluding carboxylic acids is 3. The molecule has 2 N–H and O–H groups in total. The van der Waals surface area contributed by atoms with Crippen molar-refractivity contribution >= 4 is 17.7 Å². The lowest BCUT2D eigenvalue weighted by molar-refractivity contribution is -0.337. The van der Waals surface area contributed by atoms with Crippen LogP contribution in [-0.4, -0.2) is 46.9 Å². The number of hydrogen-bond donors (Lipinski definition) is 2. The van der Waals surface area contributed by atoms with Gasteiger partial charge in [-0.3, -0.25) is 9.59 Å². The van der Waals surface area contributed by atoms with Crippen LogP contribution in [0.15, 0.2) is 46.5 Å². The minimum absolute atomic E-state index is 0.107. The van der Waals surface area contributed by atoms with E-state index in [1.54, 1.807) is 19.9 Å². The molecule has 0 saturated carbocycles. The zero-order valence-corrected chi connectivity index (χ0v) is 21.3. The summed E-state index contributed by atoms with van der Waals surface area (Å²) in [6.45, 7) is 8.60. The molecule has 7 atom stereocenters. The number of aliphatic hydroxyl groups excluding tert-OH is 1. The van der Waals surface area contributed by atoms with E-state index in [1.807, 2.05) is 19.9 Å². The Bertz CT molecular complexity index is 1210. The summed E-state index contributed by atoms with van der Waals surface area (Å²) in [5.41, 5.74) is -3.71. The highest BCUT2D eigenvalue weighted by molar-refractivity contribution is 5.97. The first-order chi connectivity index (χ1) is 16.7. The number of allylic oxidation sites excluding steroid dienone is 3. The molecule has 4 aliphatic rings. The van der Waals surface area contributed by atoms with Crippen molar-refractivity contribution in [1.82, 2.24) is 0 Å². The van der Waals surface area contributed by atoms with Crippen LogP contribution in [0.1, 0.15) is 59.1 Å². The van der Waals surface area contributed by atoms with Crippen LogP contribution in [0.2, 0.25) is 0 Å². The highest BCUT2D eigenvalue weighted by atomic mass is 16.6. The molecule has 0 amide bonds. The van der Waals surface area contributed by atoms with Crippen molar-refractivity contribution in [3.05, 3.63) is 47.6 Å². The fourth-order valence-corrected chi connectivity index (χ4v) is 7.70. The van der Waals surface area contributed by atoms with Gasteiger partial charge in [-0.25, -0.2) is 4.79 Å². The Morgan fingerprint density at radius 3 is 2.50 bits per heavy atom. The summed E-state index contributed by atoms with van der Waals surface area (Å²) < 4.78 is 22.2. The van der Waals surface area contributed by atoms with Crippen molar-refractivity contribution in [2.24, 2.45) is 27.6 Å². The highest BCUT2D eigenvalue weighted by Crippen LogP contribution is 2.76. The molecule has 194 valence electrons. The monoisotopic (exact) mass is 500 g/mol. The molecule has 5 rings (SSSR count). The van der Waals surface area contributed by atoms with Gasteiger partial charge in [0.2, 0.25) is 5.79 Å². The molecule has 0 radical (unpaired) electrons. The van der Waals surface area contributed by atoms with Gasteiger partial charge in [-0.1, -0.05) is 26.8 Å². The van der Waals surface area contributed by atoms with E-state index in [4.69, 9.17) is 18.6 Å². The molecule has 36 heavy (non-hydrogen) atoms. The van der Waals surface area contributed by atoms with E-state index in [-0.39, 0.29) is 18.0 Å². The van der Waals surface area contributed by atoms with Crippen molar-refractivity contribution in [3.63, 3.8) is 0 Å². The lowest BCUT2D eigenvalue weighted by Gasteiger charge is -2.66. The SMILES string of the molecule is COC(=O)C[C@H]1C(C)(C)C(=O)C=C2O[C@](C)(O)[C@]34C(=CC[C@@]3(C)[C@H](c3ccoc3)OC(=O)[C@@H]4O)[C@@]21C. The number of furan rings is 1. The van der Waals surface area contributed by atoms with Crippen LogP contribution in [-0.2, 0) is 28.6 Å². The van der Waals surface area contributed by atoms with E-state index in [2.05, 4.69) is 0 Å². The number of cyclic esters (lactones) is 1. The average molecular weight is 501 g/mol. The van der Waals surface area contributed by atoms with Crippen LogP contribution in [0.25, 0.3) is 0 Å². The number of aliphatic hydroxyl groups is 2. The Labute approximate surface area is 209 Å². The van der Waals surface area contributed by atoms with E-state index < -0.39 is 57.5 Å². The highest BCUT2D eigenvalue weighted by Gasteiger charge is 2.81. The molecule has 0 aromatic carbocycles. The van der Waals surface area contributed by atoms with Crippen molar-refractivity contribution in [3.8, 4) is 0 Å². The molecule has 3 heterocycles. The predicted molar refractivity (Wildman–Crippen MR) is 124 cm³/mol. The normalized spacial score (nSPS) is 42.7. The molecule has 2 fully saturated rings. The zero-order valence-electron chi connectivity index (χ0n) is 21.3.